The lowest BCUT2D eigenvalue weighted by atomic mass is 10.1. The summed E-state index contributed by atoms with van der Waals surface area (Å²) in [6.07, 6.45) is 2.69. The number of hydrogen-bond acceptors (Lipinski definition) is 3. The molecular formula is C16H19N3O. The molecule has 1 heterocycles. The molecular weight excluding hydrogens is 250 g/mol. The number of ether oxygens (including phenoxy) is 1. The molecule has 0 aliphatic carbocycles. The van der Waals surface area contributed by atoms with Gasteiger partial charge in [0.1, 0.15) is 17.5 Å². The van der Waals surface area contributed by atoms with Crippen molar-refractivity contribution in [1.82, 2.24) is 9.97 Å². The summed E-state index contributed by atoms with van der Waals surface area (Å²) in [5.41, 5.74) is 1.96. The normalized spacial score (nSPS) is 12.2. The van der Waals surface area contributed by atoms with E-state index in [1.165, 1.54) is 0 Å². The van der Waals surface area contributed by atoms with Gasteiger partial charge in [-0.15, -0.1) is 0 Å². The summed E-state index contributed by atoms with van der Waals surface area (Å²) >= 11 is 0. The fourth-order valence-corrected chi connectivity index (χ4v) is 1.99. The van der Waals surface area contributed by atoms with Crippen LogP contribution in [0.5, 0.6) is 5.75 Å². The van der Waals surface area contributed by atoms with Crippen LogP contribution < -0.4 is 4.74 Å². The number of aromatic nitrogens is 2. The maximum atomic E-state index is 9.05. The molecule has 2 rings (SSSR count). The van der Waals surface area contributed by atoms with Gasteiger partial charge >= 0.3 is 0 Å². The first-order chi connectivity index (χ1) is 9.63. The minimum absolute atomic E-state index is 0.167. The minimum Gasteiger partial charge on any atom is -0.491 e. The highest BCUT2D eigenvalue weighted by molar-refractivity contribution is 5.59. The number of H-pyrrole nitrogens is 1. The second-order valence-corrected chi connectivity index (χ2v) is 4.96. The lowest BCUT2D eigenvalue weighted by molar-refractivity contribution is 0.242. The summed E-state index contributed by atoms with van der Waals surface area (Å²) < 4.78 is 5.61. The van der Waals surface area contributed by atoms with E-state index in [-0.39, 0.29) is 12.0 Å². The fourth-order valence-electron chi connectivity index (χ4n) is 1.99. The first kappa shape index (κ1) is 14.1. The first-order valence-electron chi connectivity index (χ1n) is 6.85. The van der Waals surface area contributed by atoms with Gasteiger partial charge in [-0.1, -0.05) is 6.92 Å². The van der Waals surface area contributed by atoms with Gasteiger partial charge in [0.15, 0.2) is 0 Å². The monoisotopic (exact) mass is 269 g/mol. The largest absolute Gasteiger partial charge is 0.491 e. The molecule has 1 N–H and O–H groups in total. The lowest BCUT2D eigenvalue weighted by Gasteiger charge is -2.09. The van der Waals surface area contributed by atoms with E-state index in [9.17, 15) is 0 Å². The standard InChI is InChI=1S/C16H19N3O/c1-4-12(9-17)16-18-10-15(19-16)13-5-7-14(8-6-13)20-11(2)3/h5-8,10-12H,4H2,1-3H3,(H,18,19). The van der Waals surface area contributed by atoms with Crippen molar-refractivity contribution in [3.05, 3.63) is 36.3 Å². The van der Waals surface area contributed by atoms with Crippen LogP contribution >= 0.6 is 0 Å². The number of rotatable bonds is 5. The van der Waals surface area contributed by atoms with Crippen LogP contribution in [0.2, 0.25) is 0 Å². The van der Waals surface area contributed by atoms with E-state index >= 15 is 0 Å². The van der Waals surface area contributed by atoms with Gasteiger partial charge in [0.25, 0.3) is 0 Å². The Hall–Kier alpha value is -2.28. The number of aromatic amines is 1. The van der Waals surface area contributed by atoms with Crippen LogP contribution in [0.1, 0.15) is 38.9 Å². The number of benzene rings is 1. The Balaban J connectivity index is 2.18. The maximum absolute atomic E-state index is 9.05. The zero-order chi connectivity index (χ0) is 14.5. The van der Waals surface area contributed by atoms with Crippen molar-refractivity contribution in [2.45, 2.75) is 39.2 Å². The number of nitrogens with one attached hydrogen (secondary N) is 1. The van der Waals surface area contributed by atoms with Gasteiger partial charge in [-0.05, 0) is 50.1 Å². The summed E-state index contributed by atoms with van der Waals surface area (Å²) in [5, 5.41) is 9.05. The summed E-state index contributed by atoms with van der Waals surface area (Å²) in [6.45, 7) is 5.98. The molecule has 4 nitrogen and oxygen atoms in total. The number of nitriles is 1. The molecule has 0 saturated heterocycles. The second-order valence-electron chi connectivity index (χ2n) is 4.96. The predicted octanol–water partition coefficient (Wildman–Crippen LogP) is 3.88. The van der Waals surface area contributed by atoms with Crippen LogP contribution in [0.3, 0.4) is 0 Å². The Bertz CT molecular complexity index is 593. The molecule has 20 heavy (non-hydrogen) atoms. The molecule has 0 saturated carbocycles. The Morgan fingerprint density at radius 3 is 2.55 bits per heavy atom. The average molecular weight is 269 g/mol. The molecule has 1 aromatic carbocycles. The lowest BCUT2D eigenvalue weighted by Crippen LogP contribution is -2.05. The Labute approximate surface area is 119 Å². The van der Waals surface area contributed by atoms with Gasteiger partial charge in [-0.3, -0.25) is 0 Å². The zero-order valence-electron chi connectivity index (χ0n) is 12.1. The second kappa shape index (κ2) is 6.25. The summed E-state index contributed by atoms with van der Waals surface area (Å²) in [5.74, 6) is 1.41. The molecule has 1 unspecified atom stereocenters. The van der Waals surface area contributed by atoms with Crippen LogP contribution in [0, 0.1) is 11.3 Å². The summed E-state index contributed by atoms with van der Waals surface area (Å²) in [4.78, 5) is 7.51. The van der Waals surface area contributed by atoms with E-state index in [0.29, 0.717) is 0 Å². The topological polar surface area (TPSA) is 61.7 Å². The van der Waals surface area contributed by atoms with E-state index in [1.54, 1.807) is 6.20 Å². The molecule has 0 amide bonds. The molecule has 0 aliphatic heterocycles. The number of hydrogen-bond donors (Lipinski definition) is 1. The summed E-state index contributed by atoms with van der Waals surface area (Å²) in [6, 6.07) is 10.1. The van der Waals surface area contributed by atoms with E-state index in [4.69, 9.17) is 10.00 Å². The Kier molecular flexibility index (Phi) is 4.41. The first-order valence-corrected chi connectivity index (χ1v) is 6.85. The van der Waals surface area contributed by atoms with Crippen LogP contribution in [0.4, 0.5) is 0 Å². The quantitative estimate of drug-likeness (QED) is 0.896. The third kappa shape index (κ3) is 3.18. The third-order valence-electron chi connectivity index (χ3n) is 3.03. The van der Waals surface area contributed by atoms with E-state index in [2.05, 4.69) is 16.0 Å². The van der Waals surface area contributed by atoms with Crippen molar-refractivity contribution in [3.63, 3.8) is 0 Å². The predicted molar refractivity (Wildman–Crippen MR) is 78.4 cm³/mol. The van der Waals surface area contributed by atoms with Crippen molar-refractivity contribution in [2.75, 3.05) is 0 Å². The fraction of sp³-hybridized carbons (Fsp3) is 0.375. The van der Waals surface area contributed by atoms with Crippen LogP contribution in [0.15, 0.2) is 30.5 Å². The smallest absolute Gasteiger partial charge is 0.123 e. The van der Waals surface area contributed by atoms with Crippen molar-refractivity contribution >= 4 is 0 Å². The van der Waals surface area contributed by atoms with Crippen molar-refractivity contribution in [2.24, 2.45) is 0 Å². The molecule has 0 radical (unpaired) electrons. The number of nitrogens with zero attached hydrogens (tertiary/aromatic N) is 2. The van der Waals surface area contributed by atoms with Gasteiger partial charge in [-0.2, -0.15) is 5.26 Å². The molecule has 0 bridgehead atoms. The molecule has 4 heteroatoms. The van der Waals surface area contributed by atoms with Gasteiger partial charge in [0.2, 0.25) is 0 Å². The summed E-state index contributed by atoms with van der Waals surface area (Å²) in [7, 11) is 0. The van der Waals surface area contributed by atoms with E-state index < -0.39 is 0 Å². The average Bonchev–Trinajstić information content (AvgIpc) is 2.90. The molecule has 0 aliphatic rings. The third-order valence-corrected chi connectivity index (χ3v) is 3.03. The number of imidazole rings is 1. The van der Waals surface area contributed by atoms with Gasteiger partial charge in [0, 0.05) is 0 Å². The van der Waals surface area contributed by atoms with Crippen molar-refractivity contribution in [3.8, 4) is 23.1 Å². The van der Waals surface area contributed by atoms with Gasteiger partial charge in [0.05, 0.1) is 24.1 Å². The maximum Gasteiger partial charge on any atom is 0.123 e. The Morgan fingerprint density at radius 2 is 2.00 bits per heavy atom. The zero-order valence-corrected chi connectivity index (χ0v) is 12.1. The van der Waals surface area contributed by atoms with Crippen LogP contribution in [-0.2, 0) is 0 Å². The molecule has 2 aromatic rings. The van der Waals surface area contributed by atoms with Crippen molar-refractivity contribution < 1.29 is 4.74 Å². The highest BCUT2D eigenvalue weighted by Gasteiger charge is 2.12. The highest BCUT2D eigenvalue weighted by atomic mass is 16.5. The van der Waals surface area contributed by atoms with E-state index in [1.807, 2.05) is 45.0 Å². The molecule has 1 aromatic heterocycles. The van der Waals surface area contributed by atoms with Gasteiger partial charge in [-0.25, -0.2) is 4.98 Å². The molecule has 0 spiro atoms. The van der Waals surface area contributed by atoms with Gasteiger partial charge < -0.3 is 9.72 Å². The molecule has 104 valence electrons. The van der Waals surface area contributed by atoms with Crippen LogP contribution in [0.25, 0.3) is 11.3 Å². The molecule has 0 fully saturated rings. The Morgan fingerprint density at radius 1 is 1.30 bits per heavy atom. The SMILES string of the molecule is CCC(C#N)c1ncc(-c2ccc(OC(C)C)cc2)[nH]1. The highest BCUT2D eigenvalue weighted by Crippen LogP contribution is 2.24. The minimum atomic E-state index is -0.174. The van der Waals surface area contributed by atoms with Crippen molar-refractivity contribution in [1.29, 1.82) is 5.26 Å². The molecule has 1 atom stereocenters. The van der Waals surface area contributed by atoms with E-state index in [0.717, 1.165) is 29.3 Å². The van der Waals surface area contributed by atoms with Crippen LogP contribution in [-0.4, -0.2) is 16.1 Å².